The van der Waals surface area contributed by atoms with Gasteiger partial charge in [0.2, 0.25) is 0 Å². The molecule has 0 atom stereocenters. The Morgan fingerprint density at radius 1 is 1.05 bits per heavy atom. The lowest BCUT2D eigenvalue weighted by Crippen LogP contribution is -2.21. The van der Waals surface area contributed by atoms with Crippen LogP contribution in [0, 0.1) is 0 Å². The van der Waals surface area contributed by atoms with E-state index in [9.17, 15) is 0 Å². The number of ether oxygens (including phenoxy) is 1. The normalized spacial score (nSPS) is 15.6. The molecule has 106 valence electrons. The topological polar surface area (TPSA) is 25.6 Å². The molecule has 3 heteroatoms. The van der Waals surface area contributed by atoms with E-state index >= 15 is 0 Å². The number of likely N-dealkylation sites (tertiary alicyclic amines) is 1. The zero-order chi connectivity index (χ0) is 13.6. The van der Waals surface area contributed by atoms with Gasteiger partial charge in [0.15, 0.2) is 0 Å². The molecule has 20 heavy (non-hydrogen) atoms. The van der Waals surface area contributed by atoms with Gasteiger partial charge in [-0.2, -0.15) is 0 Å². The van der Waals surface area contributed by atoms with Gasteiger partial charge in [0.1, 0.15) is 11.5 Å². The summed E-state index contributed by atoms with van der Waals surface area (Å²) in [6, 6.07) is 12.0. The summed E-state index contributed by atoms with van der Waals surface area (Å²) in [5.74, 6) is 1.83. The number of benzene rings is 1. The van der Waals surface area contributed by atoms with Crippen LogP contribution in [-0.4, -0.2) is 31.1 Å². The monoisotopic (exact) mass is 271 g/mol. The summed E-state index contributed by atoms with van der Waals surface area (Å²) in [6.45, 7) is 4.47. The van der Waals surface area contributed by atoms with Gasteiger partial charge in [0, 0.05) is 12.1 Å². The molecule has 2 heterocycles. The van der Waals surface area contributed by atoms with Gasteiger partial charge in [0.05, 0.1) is 12.9 Å². The Morgan fingerprint density at radius 2 is 1.85 bits per heavy atom. The van der Waals surface area contributed by atoms with Gasteiger partial charge < -0.3 is 14.1 Å². The molecule has 0 amide bonds. The van der Waals surface area contributed by atoms with Gasteiger partial charge in [-0.15, -0.1) is 0 Å². The zero-order valence-corrected chi connectivity index (χ0v) is 11.8. The molecule has 1 aromatic carbocycles. The Morgan fingerprint density at radius 3 is 2.55 bits per heavy atom. The van der Waals surface area contributed by atoms with Gasteiger partial charge in [-0.1, -0.05) is 0 Å². The van der Waals surface area contributed by atoms with E-state index in [-0.39, 0.29) is 0 Å². The van der Waals surface area contributed by atoms with E-state index in [4.69, 9.17) is 9.15 Å². The highest BCUT2D eigenvalue weighted by Crippen LogP contribution is 2.22. The van der Waals surface area contributed by atoms with Crippen molar-refractivity contribution in [2.75, 3.05) is 26.2 Å². The smallest absolute Gasteiger partial charge is 0.133 e. The lowest BCUT2D eigenvalue weighted by Gasteiger charge is -2.14. The Balaban J connectivity index is 1.43. The summed E-state index contributed by atoms with van der Waals surface area (Å²) < 4.78 is 11.1. The molecule has 0 aliphatic carbocycles. The fourth-order valence-electron chi connectivity index (χ4n) is 2.64. The highest BCUT2D eigenvalue weighted by Gasteiger charge is 2.10. The van der Waals surface area contributed by atoms with E-state index < -0.39 is 0 Å². The molecule has 0 bridgehead atoms. The van der Waals surface area contributed by atoms with Crippen molar-refractivity contribution in [2.45, 2.75) is 19.3 Å². The molecule has 1 fully saturated rings. The first-order valence-corrected chi connectivity index (χ1v) is 7.41. The van der Waals surface area contributed by atoms with Crippen LogP contribution in [0.3, 0.4) is 0 Å². The predicted molar refractivity (Wildman–Crippen MR) is 79.9 cm³/mol. The van der Waals surface area contributed by atoms with E-state index in [2.05, 4.69) is 4.90 Å². The molecule has 3 nitrogen and oxygen atoms in total. The van der Waals surface area contributed by atoms with Gasteiger partial charge >= 0.3 is 0 Å². The maximum Gasteiger partial charge on any atom is 0.133 e. The van der Waals surface area contributed by atoms with Crippen LogP contribution in [0.15, 0.2) is 47.1 Å². The number of nitrogens with zero attached hydrogens (tertiary/aromatic N) is 1. The molecule has 0 radical (unpaired) electrons. The lowest BCUT2D eigenvalue weighted by molar-refractivity contribution is 0.263. The zero-order valence-electron chi connectivity index (χ0n) is 11.8. The van der Waals surface area contributed by atoms with Crippen molar-refractivity contribution in [3.8, 4) is 17.1 Å². The molecule has 0 spiro atoms. The molecule has 0 N–H and O–H groups in total. The number of furan rings is 1. The summed E-state index contributed by atoms with van der Waals surface area (Å²) in [7, 11) is 0. The van der Waals surface area contributed by atoms with Crippen LogP contribution in [0.5, 0.6) is 5.75 Å². The van der Waals surface area contributed by atoms with Crippen molar-refractivity contribution in [2.24, 2.45) is 0 Å². The fourth-order valence-corrected chi connectivity index (χ4v) is 2.64. The minimum atomic E-state index is 0.788. The maximum atomic E-state index is 5.78. The predicted octanol–water partition coefficient (Wildman–Crippen LogP) is 3.81. The minimum Gasteiger partial charge on any atom is -0.494 e. The summed E-state index contributed by atoms with van der Waals surface area (Å²) in [6.07, 6.45) is 5.50. The molecule has 1 aliphatic rings. The average Bonchev–Trinajstić information content (AvgIpc) is 3.17. The quantitative estimate of drug-likeness (QED) is 0.747. The second-order valence-corrected chi connectivity index (χ2v) is 5.25. The van der Waals surface area contributed by atoms with Crippen LogP contribution in [0.2, 0.25) is 0 Å². The van der Waals surface area contributed by atoms with Crippen LogP contribution in [0.1, 0.15) is 19.3 Å². The van der Waals surface area contributed by atoms with E-state index in [1.54, 1.807) is 6.26 Å². The summed E-state index contributed by atoms with van der Waals surface area (Å²) in [5, 5.41) is 0. The molecular weight excluding hydrogens is 250 g/mol. The Bertz CT molecular complexity index is 498. The summed E-state index contributed by atoms with van der Waals surface area (Å²) >= 11 is 0. The maximum absolute atomic E-state index is 5.78. The second kappa shape index (κ2) is 6.62. The third-order valence-electron chi connectivity index (χ3n) is 3.75. The van der Waals surface area contributed by atoms with Crippen molar-refractivity contribution in [1.29, 1.82) is 0 Å². The summed E-state index contributed by atoms with van der Waals surface area (Å²) in [4.78, 5) is 2.52. The van der Waals surface area contributed by atoms with Crippen LogP contribution in [0.4, 0.5) is 0 Å². The van der Waals surface area contributed by atoms with Gasteiger partial charge in [0.25, 0.3) is 0 Å². The third-order valence-corrected chi connectivity index (χ3v) is 3.75. The standard InChI is InChI=1S/C17H21NO2/c1-2-11-18(10-1)12-4-14-19-16-8-6-15(7-9-16)17-5-3-13-20-17/h3,5-9,13H,1-2,4,10-12,14H2. The summed E-state index contributed by atoms with van der Waals surface area (Å²) in [5.41, 5.74) is 1.08. The Labute approximate surface area is 120 Å². The minimum absolute atomic E-state index is 0.788. The van der Waals surface area contributed by atoms with Crippen molar-refractivity contribution in [1.82, 2.24) is 4.90 Å². The SMILES string of the molecule is c1coc(-c2ccc(OCCCN3CCCC3)cc2)c1. The van der Waals surface area contributed by atoms with Crippen LogP contribution < -0.4 is 4.74 Å². The first kappa shape index (κ1) is 13.3. The van der Waals surface area contributed by atoms with E-state index in [0.29, 0.717) is 0 Å². The Kier molecular flexibility index (Phi) is 4.38. The third kappa shape index (κ3) is 3.42. The average molecular weight is 271 g/mol. The number of hydrogen-bond donors (Lipinski definition) is 0. The van der Waals surface area contributed by atoms with E-state index in [0.717, 1.165) is 36.6 Å². The molecule has 3 rings (SSSR count). The van der Waals surface area contributed by atoms with Gasteiger partial charge in [-0.3, -0.25) is 0 Å². The molecule has 0 unspecified atom stereocenters. The lowest BCUT2D eigenvalue weighted by atomic mass is 10.2. The van der Waals surface area contributed by atoms with Crippen LogP contribution >= 0.6 is 0 Å². The molecule has 2 aromatic rings. The second-order valence-electron chi connectivity index (χ2n) is 5.25. The van der Waals surface area contributed by atoms with Gasteiger partial charge in [-0.25, -0.2) is 0 Å². The van der Waals surface area contributed by atoms with E-state index in [1.807, 2.05) is 36.4 Å². The molecule has 1 aromatic heterocycles. The van der Waals surface area contributed by atoms with Crippen molar-refractivity contribution < 1.29 is 9.15 Å². The van der Waals surface area contributed by atoms with Crippen molar-refractivity contribution >= 4 is 0 Å². The van der Waals surface area contributed by atoms with Crippen molar-refractivity contribution in [3.05, 3.63) is 42.7 Å². The molecule has 1 aliphatic heterocycles. The van der Waals surface area contributed by atoms with Crippen molar-refractivity contribution in [3.63, 3.8) is 0 Å². The highest BCUT2D eigenvalue weighted by molar-refractivity contribution is 5.58. The Hall–Kier alpha value is -1.74. The number of rotatable bonds is 6. The van der Waals surface area contributed by atoms with Crippen LogP contribution in [-0.2, 0) is 0 Å². The first-order valence-electron chi connectivity index (χ1n) is 7.41. The largest absolute Gasteiger partial charge is 0.494 e. The molecular formula is C17H21NO2. The van der Waals surface area contributed by atoms with Gasteiger partial charge in [-0.05, 0) is 68.8 Å². The fraction of sp³-hybridized carbons (Fsp3) is 0.412. The molecule has 1 saturated heterocycles. The first-order chi connectivity index (χ1) is 9.92. The number of hydrogen-bond acceptors (Lipinski definition) is 3. The highest BCUT2D eigenvalue weighted by atomic mass is 16.5. The molecule has 0 saturated carbocycles. The van der Waals surface area contributed by atoms with Crippen LogP contribution in [0.25, 0.3) is 11.3 Å². The van der Waals surface area contributed by atoms with E-state index in [1.165, 1.54) is 25.9 Å².